The Morgan fingerprint density at radius 2 is 1.50 bits per heavy atom. The summed E-state index contributed by atoms with van der Waals surface area (Å²) in [6.45, 7) is 8.68. The van der Waals surface area contributed by atoms with Crippen LogP contribution in [-0.4, -0.2) is 9.78 Å². The van der Waals surface area contributed by atoms with Gasteiger partial charge in [0, 0.05) is 18.6 Å². The van der Waals surface area contributed by atoms with E-state index in [4.69, 9.17) is 0 Å². The molecule has 2 heteroatoms. The van der Waals surface area contributed by atoms with Gasteiger partial charge in [-0.1, -0.05) is 0 Å². The van der Waals surface area contributed by atoms with Crippen LogP contribution in [0.4, 0.5) is 0 Å². The molecule has 0 atom stereocenters. The summed E-state index contributed by atoms with van der Waals surface area (Å²) in [6.07, 6.45) is 2.10. The fourth-order valence-corrected chi connectivity index (χ4v) is 1.98. The standard InChI is InChI=1S/C12H16N2/c1-7-8(2)10(4)12-11(9(7)3)6-14(5)13-12/h6H,1-5H3. The van der Waals surface area contributed by atoms with E-state index in [1.165, 1.54) is 27.6 Å². The summed E-state index contributed by atoms with van der Waals surface area (Å²) in [7, 11) is 1.98. The molecule has 74 valence electrons. The zero-order chi connectivity index (χ0) is 10.5. The maximum Gasteiger partial charge on any atom is 0.0957 e. The lowest BCUT2D eigenvalue weighted by molar-refractivity contribution is 0.778. The van der Waals surface area contributed by atoms with Crippen molar-refractivity contribution < 1.29 is 0 Å². The molecule has 0 fully saturated rings. The molecule has 0 saturated carbocycles. The zero-order valence-corrected chi connectivity index (χ0v) is 9.47. The highest BCUT2D eigenvalue weighted by Gasteiger charge is 2.10. The van der Waals surface area contributed by atoms with E-state index in [0.717, 1.165) is 5.52 Å². The molecule has 0 aliphatic rings. The van der Waals surface area contributed by atoms with Crippen molar-refractivity contribution in [2.75, 3.05) is 0 Å². The van der Waals surface area contributed by atoms with Crippen molar-refractivity contribution in [3.05, 3.63) is 28.5 Å². The number of hydrogen-bond donors (Lipinski definition) is 0. The summed E-state index contributed by atoms with van der Waals surface area (Å²) in [5.41, 5.74) is 6.57. The van der Waals surface area contributed by atoms with Gasteiger partial charge >= 0.3 is 0 Å². The van der Waals surface area contributed by atoms with Crippen LogP contribution in [-0.2, 0) is 7.05 Å². The number of hydrogen-bond acceptors (Lipinski definition) is 1. The highest BCUT2D eigenvalue weighted by atomic mass is 15.2. The number of fused-ring (bicyclic) bond motifs is 1. The molecule has 0 unspecified atom stereocenters. The largest absolute Gasteiger partial charge is 0.275 e. The summed E-state index contributed by atoms with van der Waals surface area (Å²) >= 11 is 0. The third kappa shape index (κ3) is 1.07. The Kier molecular flexibility index (Phi) is 1.88. The van der Waals surface area contributed by atoms with E-state index in [1.807, 2.05) is 11.7 Å². The Balaban J connectivity index is 3.01. The molecular weight excluding hydrogens is 172 g/mol. The first-order chi connectivity index (χ1) is 6.52. The van der Waals surface area contributed by atoms with E-state index >= 15 is 0 Å². The van der Waals surface area contributed by atoms with Crippen molar-refractivity contribution in [3.63, 3.8) is 0 Å². The molecule has 0 spiro atoms. The minimum Gasteiger partial charge on any atom is -0.275 e. The first-order valence-electron chi connectivity index (χ1n) is 4.92. The minimum absolute atomic E-state index is 1.15. The van der Waals surface area contributed by atoms with Gasteiger partial charge in [0.15, 0.2) is 0 Å². The van der Waals surface area contributed by atoms with Gasteiger partial charge in [-0.3, -0.25) is 4.68 Å². The Bertz CT molecular complexity index is 462. The number of nitrogens with zero attached hydrogens (tertiary/aromatic N) is 2. The minimum atomic E-state index is 1.15. The van der Waals surface area contributed by atoms with Crippen LogP contribution < -0.4 is 0 Å². The lowest BCUT2D eigenvalue weighted by Gasteiger charge is -2.09. The van der Waals surface area contributed by atoms with Gasteiger partial charge in [-0.2, -0.15) is 5.10 Å². The van der Waals surface area contributed by atoms with Gasteiger partial charge in [0.25, 0.3) is 0 Å². The van der Waals surface area contributed by atoms with Crippen molar-refractivity contribution in [3.8, 4) is 0 Å². The molecule has 0 N–H and O–H groups in total. The van der Waals surface area contributed by atoms with E-state index in [1.54, 1.807) is 0 Å². The molecule has 2 nitrogen and oxygen atoms in total. The Morgan fingerprint density at radius 3 is 2.14 bits per heavy atom. The molecule has 1 aromatic carbocycles. The van der Waals surface area contributed by atoms with E-state index in [0.29, 0.717) is 0 Å². The predicted octanol–water partition coefficient (Wildman–Crippen LogP) is 2.81. The Labute approximate surface area is 84.5 Å². The molecule has 0 aliphatic carbocycles. The average molecular weight is 188 g/mol. The van der Waals surface area contributed by atoms with E-state index in [2.05, 4.69) is 39.0 Å². The maximum absolute atomic E-state index is 4.49. The van der Waals surface area contributed by atoms with Crippen molar-refractivity contribution in [1.29, 1.82) is 0 Å². The lowest BCUT2D eigenvalue weighted by atomic mass is 9.96. The van der Waals surface area contributed by atoms with Gasteiger partial charge in [0.05, 0.1) is 5.52 Å². The lowest BCUT2D eigenvalue weighted by Crippen LogP contribution is -1.92. The number of rotatable bonds is 0. The highest BCUT2D eigenvalue weighted by molar-refractivity contribution is 5.87. The molecule has 14 heavy (non-hydrogen) atoms. The number of aromatic nitrogens is 2. The zero-order valence-electron chi connectivity index (χ0n) is 9.47. The predicted molar refractivity (Wildman–Crippen MR) is 59.7 cm³/mol. The molecule has 1 heterocycles. The van der Waals surface area contributed by atoms with Crippen LogP contribution in [0.15, 0.2) is 6.20 Å². The summed E-state index contributed by atoms with van der Waals surface area (Å²) in [6, 6.07) is 0. The first kappa shape index (κ1) is 9.25. The van der Waals surface area contributed by atoms with Gasteiger partial charge < -0.3 is 0 Å². The second-order valence-corrected chi connectivity index (χ2v) is 4.07. The average Bonchev–Trinajstić information content (AvgIpc) is 2.54. The van der Waals surface area contributed by atoms with Gasteiger partial charge in [0.1, 0.15) is 0 Å². The van der Waals surface area contributed by atoms with E-state index in [-0.39, 0.29) is 0 Å². The molecule has 0 radical (unpaired) electrons. The van der Waals surface area contributed by atoms with Crippen LogP contribution in [0.5, 0.6) is 0 Å². The van der Waals surface area contributed by atoms with Crippen LogP contribution in [0.25, 0.3) is 10.9 Å². The summed E-state index contributed by atoms with van der Waals surface area (Å²) < 4.78 is 1.89. The third-order valence-electron chi connectivity index (χ3n) is 3.28. The number of benzene rings is 1. The summed E-state index contributed by atoms with van der Waals surface area (Å²) in [5, 5.41) is 5.78. The molecule has 0 saturated heterocycles. The number of aryl methyl sites for hydroxylation is 3. The Hall–Kier alpha value is -1.31. The van der Waals surface area contributed by atoms with Gasteiger partial charge in [-0.15, -0.1) is 0 Å². The topological polar surface area (TPSA) is 17.8 Å². The van der Waals surface area contributed by atoms with Crippen LogP contribution in [0.3, 0.4) is 0 Å². The second-order valence-electron chi connectivity index (χ2n) is 4.07. The smallest absolute Gasteiger partial charge is 0.0957 e. The van der Waals surface area contributed by atoms with Crippen LogP contribution in [0.1, 0.15) is 22.3 Å². The van der Waals surface area contributed by atoms with Crippen molar-refractivity contribution >= 4 is 10.9 Å². The fraction of sp³-hybridized carbons (Fsp3) is 0.417. The fourth-order valence-electron chi connectivity index (χ4n) is 1.98. The molecule has 1 aromatic heterocycles. The van der Waals surface area contributed by atoms with Crippen molar-refractivity contribution in [2.24, 2.45) is 7.05 Å². The molecular formula is C12H16N2. The molecule has 0 bridgehead atoms. The second kappa shape index (κ2) is 2.84. The van der Waals surface area contributed by atoms with Crippen molar-refractivity contribution in [2.45, 2.75) is 27.7 Å². The normalized spacial score (nSPS) is 11.2. The Morgan fingerprint density at radius 1 is 0.929 bits per heavy atom. The van der Waals surface area contributed by atoms with E-state index in [9.17, 15) is 0 Å². The first-order valence-corrected chi connectivity index (χ1v) is 4.92. The monoisotopic (exact) mass is 188 g/mol. The van der Waals surface area contributed by atoms with Gasteiger partial charge in [-0.25, -0.2) is 0 Å². The molecule has 2 rings (SSSR count). The van der Waals surface area contributed by atoms with Crippen LogP contribution in [0, 0.1) is 27.7 Å². The third-order valence-corrected chi connectivity index (χ3v) is 3.28. The maximum atomic E-state index is 4.49. The van der Waals surface area contributed by atoms with Crippen molar-refractivity contribution in [1.82, 2.24) is 9.78 Å². The molecule has 2 aromatic rings. The van der Waals surface area contributed by atoms with Crippen LogP contribution in [0.2, 0.25) is 0 Å². The quantitative estimate of drug-likeness (QED) is 0.621. The molecule has 0 amide bonds. The van der Waals surface area contributed by atoms with Gasteiger partial charge in [0.2, 0.25) is 0 Å². The van der Waals surface area contributed by atoms with E-state index < -0.39 is 0 Å². The van der Waals surface area contributed by atoms with Crippen LogP contribution >= 0.6 is 0 Å². The highest BCUT2D eigenvalue weighted by Crippen LogP contribution is 2.27. The summed E-state index contributed by atoms with van der Waals surface area (Å²) in [5.74, 6) is 0. The molecule has 0 aliphatic heterocycles. The van der Waals surface area contributed by atoms with Gasteiger partial charge in [-0.05, 0) is 49.9 Å². The summed E-state index contributed by atoms with van der Waals surface area (Å²) in [4.78, 5) is 0. The SMILES string of the molecule is Cc1c(C)c(C)c2nn(C)cc2c1C.